The zero-order valence-corrected chi connectivity index (χ0v) is 12.6. The summed E-state index contributed by atoms with van der Waals surface area (Å²) in [5.41, 5.74) is 1.24. The summed E-state index contributed by atoms with van der Waals surface area (Å²) in [5, 5.41) is 2.39. The van der Waals surface area contributed by atoms with Crippen molar-refractivity contribution in [3.05, 3.63) is 36.7 Å². The Morgan fingerprint density at radius 2 is 2.19 bits per heavy atom. The zero-order valence-electron chi connectivity index (χ0n) is 12.6. The molecule has 21 heavy (non-hydrogen) atoms. The number of benzene rings is 1. The lowest BCUT2D eigenvalue weighted by Crippen LogP contribution is -2.54. The van der Waals surface area contributed by atoms with E-state index in [1.54, 1.807) is 0 Å². The minimum Gasteiger partial charge on any atom is -0.367 e. The van der Waals surface area contributed by atoms with Crippen molar-refractivity contribution in [2.24, 2.45) is 0 Å². The Bertz CT molecular complexity index is 650. The molecule has 1 aromatic carbocycles. The van der Waals surface area contributed by atoms with Crippen LogP contribution in [0.4, 0.5) is 5.69 Å². The van der Waals surface area contributed by atoms with E-state index in [2.05, 4.69) is 41.1 Å². The van der Waals surface area contributed by atoms with Gasteiger partial charge in [0, 0.05) is 61.0 Å². The summed E-state index contributed by atoms with van der Waals surface area (Å²) in [4.78, 5) is 20.5. The molecule has 0 saturated carbocycles. The van der Waals surface area contributed by atoms with Gasteiger partial charge in [0.25, 0.3) is 0 Å². The first kappa shape index (κ1) is 13.9. The smallest absolute Gasteiger partial charge is 0.222 e. The molecular formula is C17H21N3O. The molecule has 2 heterocycles. The van der Waals surface area contributed by atoms with Crippen LogP contribution in [0.1, 0.15) is 20.3 Å². The highest BCUT2D eigenvalue weighted by Crippen LogP contribution is 2.28. The van der Waals surface area contributed by atoms with E-state index >= 15 is 0 Å². The molecule has 1 amide bonds. The van der Waals surface area contributed by atoms with Gasteiger partial charge in [-0.15, -0.1) is 0 Å². The van der Waals surface area contributed by atoms with Gasteiger partial charge < -0.3 is 9.80 Å². The second-order valence-corrected chi connectivity index (χ2v) is 5.61. The summed E-state index contributed by atoms with van der Waals surface area (Å²) in [7, 11) is 0. The second-order valence-electron chi connectivity index (χ2n) is 5.61. The topological polar surface area (TPSA) is 36.4 Å². The van der Waals surface area contributed by atoms with Crippen molar-refractivity contribution in [3.8, 4) is 0 Å². The monoisotopic (exact) mass is 283 g/mol. The molecule has 0 spiro atoms. The van der Waals surface area contributed by atoms with Gasteiger partial charge in [-0.3, -0.25) is 9.78 Å². The molecule has 1 aliphatic rings. The highest BCUT2D eigenvalue weighted by Gasteiger charge is 2.27. The van der Waals surface area contributed by atoms with Crippen LogP contribution in [0.15, 0.2) is 36.7 Å². The highest BCUT2D eigenvalue weighted by molar-refractivity contribution is 5.93. The van der Waals surface area contributed by atoms with E-state index in [1.807, 2.05) is 24.2 Å². The van der Waals surface area contributed by atoms with E-state index in [9.17, 15) is 4.79 Å². The van der Waals surface area contributed by atoms with Gasteiger partial charge in [0.1, 0.15) is 0 Å². The predicted octanol–water partition coefficient (Wildman–Crippen LogP) is 2.68. The summed E-state index contributed by atoms with van der Waals surface area (Å²) in [5.74, 6) is 0.254. The normalized spacial score (nSPS) is 19.0. The summed E-state index contributed by atoms with van der Waals surface area (Å²) in [6.07, 6.45) is 4.33. The summed E-state index contributed by atoms with van der Waals surface area (Å²) < 4.78 is 0. The van der Waals surface area contributed by atoms with E-state index in [-0.39, 0.29) is 11.9 Å². The molecule has 1 unspecified atom stereocenters. The van der Waals surface area contributed by atoms with Gasteiger partial charge in [-0.25, -0.2) is 0 Å². The third kappa shape index (κ3) is 2.58. The molecule has 1 atom stereocenters. The molecule has 4 nitrogen and oxygen atoms in total. The number of carbonyl (C=O) groups excluding carboxylic acids is 1. The maximum absolute atomic E-state index is 11.9. The molecule has 0 bridgehead atoms. The van der Waals surface area contributed by atoms with Crippen LogP contribution < -0.4 is 4.90 Å². The zero-order chi connectivity index (χ0) is 14.8. The van der Waals surface area contributed by atoms with Crippen molar-refractivity contribution in [1.82, 2.24) is 9.88 Å². The SMILES string of the molecule is CCC(=O)N1CCN(c2cccc3cnccc23)CC1C. The lowest BCUT2D eigenvalue weighted by Gasteiger charge is -2.41. The molecular weight excluding hydrogens is 262 g/mol. The Morgan fingerprint density at radius 1 is 1.33 bits per heavy atom. The number of amides is 1. The van der Waals surface area contributed by atoms with Crippen molar-refractivity contribution in [2.45, 2.75) is 26.3 Å². The van der Waals surface area contributed by atoms with E-state index in [1.165, 1.54) is 11.1 Å². The Labute approximate surface area is 125 Å². The second kappa shape index (κ2) is 5.72. The fourth-order valence-corrected chi connectivity index (χ4v) is 3.13. The number of fused-ring (bicyclic) bond motifs is 1. The number of aromatic nitrogens is 1. The molecule has 3 rings (SSSR count). The quantitative estimate of drug-likeness (QED) is 0.850. The number of rotatable bonds is 2. The number of piperazine rings is 1. The van der Waals surface area contributed by atoms with Gasteiger partial charge in [-0.1, -0.05) is 19.1 Å². The van der Waals surface area contributed by atoms with Gasteiger partial charge in [0.15, 0.2) is 0 Å². The van der Waals surface area contributed by atoms with E-state index in [0.717, 1.165) is 25.0 Å². The molecule has 2 aromatic rings. The standard InChI is InChI=1S/C17H21N3O/c1-3-17(21)20-10-9-19(12-13(20)2)16-6-4-5-14-11-18-8-7-15(14)16/h4-8,11,13H,3,9-10,12H2,1-2H3. The number of hydrogen-bond acceptors (Lipinski definition) is 3. The fourth-order valence-electron chi connectivity index (χ4n) is 3.13. The molecule has 1 aliphatic heterocycles. The molecule has 1 saturated heterocycles. The Morgan fingerprint density at radius 3 is 2.95 bits per heavy atom. The average molecular weight is 283 g/mol. The third-order valence-electron chi connectivity index (χ3n) is 4.25. The summed E-state index contributed by atoms with van der Waals surface area (Å²) >= 11 is 0. The predicted molar refractivity (Wildman–Crippen MR) is 85.4 cm³/mol. The van der Waals surface area contributed by atoms with Crippen molar-refractivity contribution in [2.75, 3.05) is 24.5 Å². The first-order chi connectivity index (χ1) is 10.2. The Balaban J connectivity index is 1.87. The number of pyridine rings is 1. The maximum Gasteiger partial charge on any atom is 0.222 e. The van der Waals surface area contributed by atoms with Gasteiger partial charge >= 0.3 is 0 Å². The highest BCUT2D eigenvalue weighted by atomic mass is 16.2. The van der Waals surface area contributed by atoms with Crippen molar-refractivity contribution in [1.29, 1.82) is 0 Å². The Hall–Kier alpha value is -2.10. The van der Waals surface area contributed by atoms with Crippen molar-refractivity contribution < 1.29 is 4.79 Å². The largest absolute Gasteiger partial charge is 0.367 e. The van der Waals surface area contributed by atoms with Crippen LogP contribution in [0.2, 0.25) is 0 Å². The van der Waals surface area contributed by atoms with Crippen molar-refractivity contribution >= 4 is 22.4 Å². The number of nitrogens with zero attached hydrogens (tertiary/aromatic N) is 3. The van der Waals surface area contributed by atoms with Gasteiger partial charge in [-0.05, 0) is 19.1 Å². The summed E-state index contributed by atoms with van der Waals surface area (Å²) in [6, 6.07) is 8.65. The van der Waals surface area contributed by atoms with Crippen LogP contribution in [-0.2, 0) is 4.79 Å². The van der Waals surface area contributed by atoms with Gasteiger partial charge in [0.2, 0.25) is 5.91 Å². The molecule has 110 valence electrons. The first-order valence-corrected chi connectivity index (χ1v) is 7.58. The van der Waals surface area contributed by atoms with Crippen LogP contribution in [0.3, 0.4) is 0 Å². The molecule has 1 fully saturated rings. The van der Waals surface area contributed by atoms with Gasteiger partial charge in [-0.2, -0.15) is 0 Å². The maximum atomic E-state index is 11.9. The number of hydrogen-bond donors (Lipinski definition) is 0. The van der Waals surface area contributed by atoms with Crippen molar-refractivity contribution in [3.63, 3.8) is 0 Å². The lowest BCUT2D eigenvalue weighted by atomic mass is 10.1. The van der Waals surface area contributed by atoms with E-state index < -0.39 is 0 Å². The van der Waals surface area contributed by atoms with Crippen LogP contribution in [0.25, 0.3) is 10.8 Å². The van der Waals surface area contributed by atoms with Crippen LogP contribution in [0.5, 0.6) is 0 Å². The number of carbonyl (C=O) groups is 1. The minimum absolute atomic E-state index is 0.253. The molecule has 1 aromatic heterocycles. The first-order valence-electron chi connectivity index (χ1n) is 7.58. The third-order valence-corrected chi connectivity index (χ3v) is 4.25. The Kier molecular flexibility index (Phi) is 3.78. The average Bonchev–Trinajstić information content (AvgIpc) is 2.53. The fraction of sp³-hybridized carbons (Fsp3) is 0.412. The van der Waals surface area contributed by atoms with Crippen LogP contribution >= 0.6 is 0 Å². The van der Waals surface area contributed by atoms with Crippen LogP contribution in [-0.4, -0.2) is 41.5 Å². The van der Waals surface area contributed by atoms with E-state index in [0.29, 0.717) is 6.42 Å². The van der Waals surface area contributed by atoms with Crippen LogP contribution in [0, 0.1) is 0 Å². The molecule has 0 aliphatic carbocycles. The van der Waals surface area contributed by atoms with Gasteiger partial charge in [0.05, 0.1) is 0 Å². The number of anilines is 1. The molecule has 0 N–H and O–H groups in total. The minimum atomic E-state index is 0.253. The lowest BCUT2D eigenvalue weighted by molar-refractivity contribution is -0.133. The summed E-state index contributed by atoms with van der Waals surface area (Å²) in [6.45, 7) is 6.63. The molecule has 4 heteroatoms. The molecule has 0 radical (unpaired) electrons. The van der Waals surface area contributed by atoms with E-state index in [4.69, 9.17) is 0 Å².